The molecule has 2 aliphatic carbocycles. The van der Waals surface area contributed by atoms with Gasteiger partial charge in [0.1, 0.15) is 0 Å². The zero-order chi connectivity index (χ0) is 17.5. The van der Waals surface area contributed by atoms with Crippen LogP contribution < -0.4 is 0 Å². The Morgan fingerprint density at radius 1 is 1.08 bits per heavy atom. The predicted molar refractivity (Wildman–Crippen MR) is 106 cm³/mol. The molecule has 2 saturated heterocycles. The average molecular weight is 373 g/mol. The monoisotopic (exact) mass is 372 g/mol. The highest BCUT2D eigenvalue weighted by Crippen LogP contribution is 2.45. The molecular formula is C22H32N2OS. The SMILES string of the molecule is O=C(C1CC1)N1C[C@@H](c2ccsc2)[C@@H]2CN(CC3CCCCC3)CC[C@@H]21. The van der Waals surface area contributed by atoms with Crippen LogP contribution in [0.1, 0.15) is 62.8 Å². The number of thiophene rings is 1. The average Bonchev–Trinajstić information content (AvgIpc) is 3.25. The second-order valence-electron chi connectivity index (χ2n) is 9.21. The largest absolute Gasteiger partial charge is 0.338 e. The highest BCUT2D eigenvalue weighted by atomic mass is 32.1. The number of amides is 1. The van der Waals surface area contributed by atoms with Crippen LogP contribution in [-0.4, -0.2) is 47.9 Å². The number of hydrogen-bond acceptors (Lipinski definition) is 3. The number of rotatable bonds is 4. The van der Waals surface area contributed by atoms with Crippen molar-refractivity contribution in [2.45, 2.75) is 63.3 Å². The van der Waals surface area contributed by atoms with E-state index in [2.05, 4.69) is 26.6 Å². The lowest BCUT2D eigenvalue weighted by Crippen LogP contribution is -2.49. The van der Waals surface area contributed by atoms with Gasteiger partial charge >= 0.3 is 0 Å². The highest BCUT2D eigenvalue weighted by Gasteiger charge is 2.49. The molecule has 1 aromatic rings. The molecule has 0 radical (unpaired) electrons. The van der Waals surface area contributed by atoms with E-state index >= 15 is 0 Å². The quantitative estimate of drug-likeness (QED) is 0.784. The first kappa shape index (κ1) is 17.2. The van der Waals surface area contributed by atoms with Crippen LogP contribution in [-0.2, 0) is 4.79 Å². The molecule has 1 amide bonds. The second-order valence-corrected chi connectivity index (χ2v) is 9.99. The van der Waals surface area contributed by atoms with Gasteiger partial charge in [-0.3, -0.25) is 4.79 Å². The van der Waals surface area contributed by atoms with Gasteiger partial charge in [-0.15, -0.1) is 0 Å². The minimum absolute atomic E-state index is 0.358. The van der Waals surface area contributed by atoms with Gasteiger partial charge in [-0.05, 0) is 60.4 Å². The number of hydrogen-bond donors (Lipinski definition) is 0. The number of carbonyl (C=O) groups is 1. The van der Waals surface area contributed by atoms with E-state index in [1.807, 2.05) is 0 Å². The molecule has 142 valence electrons. The van der Waals surface area contributed by atoms with E-state index in [0.717, 1.165) is 25.3 Å². The Morgan fingerprint density at radius 3 is 2.65 bits per heavy atom. The first-order chi connectivity index (χ1) is 12.8. The zero-order valence-corrected chi connectivity index (χ0v) is 16.6. The molecule has 4 aliphatic rings. The lowest BCUT2D eigenvalue weighted by Gasteiger charge is -2.40. The maximum absolute atomic E-state index is 12.9. The van der Waals surface area contributed by atoms with E-state index < -0.39 is 0 Å². The molecule has 2 aliphatic heterocycles. The summed E-state index contributed by atoms with van der Waals surface area (Å²) in [5.74, 6) is 2.95. The smallest absolute Gasteiger partial charge is 0.225 e. The molecule has 0 spiro atoms. The van der Waals surface area contributed by atoms with Crippen LogP contribution in [0.4, 0.5) is 0 Å². The molecule has 3 heterocycles. The highest BCUT2D eigenvalue weighted by molar-refractivity contribution is 7.08. The van der Waals surface area contributed by atoms with Gasteiger partial charge in [0.15, 0.2) is 0 Å². The molecule has 0 aromatic carbocycles. The lowest BCUT2D eigenvalue weighted by molar-refractivity contribution is -0.134. The van der Waals surface area contributed by atoms with Gasteiger partial charge in [0.25, 0.3) is 0 Å². The first-order valence-electron chi connectivity index (χ1n) is 10.8. The third-order valence-electron chi connectivity index (χ3n) is 7.44. The Kier molecular flexibility index (Phi) is 4.82. The fourth-order valence-corrected chi connectivity index (χ4v) is 6.59. The Balaban J connectivity index is 1.31. The van der Waals surface area contributed by atoms with Crippen molar-refractivity contribution >= 4 is 17.2 Å². The molecule has 3 atom stereocenters. The molecule has 5 rings (SSSR count). The van der Waals surface area contributed by atoms with E-state index in [1.54, 1.807) is 11.3 Å². The Labute approximate surface area is 161 Å². The van der Waals surface area contributed by atoms with Crippen LogP contribution in [0.5, 0.6) is 0 Å². The fourth-order valence-electron chi connectivity index (χ4n) is 5.86. The van der Waals surface area contributed by atoms with Crippen molar-refractivity contribution in [2.75, 3.05) is 26.2 Å². The molecule has 26 heavy (non-hydrogen) atoms. The molecule has 2 saturated carbocycles. The van der Waals surface area contributed by atoms with Gasteiger partial charge in [-0.2, -0.15) is 11.3 Å². The van der Waals surface area contributed by atoms with Crippen molar-refractivity contribution in [3.8, 4) is 0 Å². The summed E-state index contributed by atoms with van der Waals surface area (Å²) < 4.78 is 0. The van der Waals surface area contributed by atoms with E-state index in [9.17, 15) is 4.79 Å². The summed E-state index contributed by atoms with van der Waals surface area (Å²) in [5, 5.41) is 4.53. The molecule has 0 bridgehead atoms. The van der Waals surface area contributed by atoms with Crippen LogP contribution in [0.25, 0.3) is 0 Å². The Bertz CT molecular complexity index is 620. The molecule has 4 fully saturated rings. The number of nitrogens with zero attached hydrogens (tertiary/aromatic N) is 2. The maximum Gasteiger partial charge on any atom is 0.225 e. The fraction of sp³-hybridized carbons (Fsp3) is 0.773. The van der Waals surface area contributed by atoms with Gasteiger partial charge in [0, 0.05) is 50.0 Å². The molecule has 0 unspecified atom stereocenters. The third kappa shape index (κ3) is 3.35. The standard InChI is InChI=1S/C22H32N2OS/c25-22(17-6-7-17)24-14-19(18-9-11-26-15-18)20-13-23(10-8-21(20)24)12-16-4-2-1-3-5-16/h9,11,15-17,19-21H,1-8,10,12-14H2/t19-,20-,21-/m0/s1. The van der Waals surface area contributed by atoms with E-state index in [4.69, 9.17) is 0 Å². The summed E-state index contributed by atoms with van der Waals surface area (Å²) in [6.45, 7) is 4.67. The summed E-state index contributed by atoms with van der Waals surface area (Å²) >= 11 is 1.81. The van der Waals surface area contributed by atoms with Crippen molar-refractivity contribution < 1.29 is 4.79 Å². The topological polar surface area (TPSA) is 23.6 Å². The maximum atomic E-state index is 12.9. The van der Waals surface area contributed by atoms with Crippen molar-refractivity contribution in [2.24, 2.45) is 17.8 Å². The molecule has 0 N–H and O–H groups in total. The van der Waals surface area contributed by atoms with Crippen molar-refractivity contribution in [1.29, 1.82) is 0 Å². The van der Waals surface area contributed by atoms with Gasteiger partial charge in [-0.25, -0.2) is 0 Å². The number of piperidine rings is 1. The Morgan fingerprint density at radius 2 is 1.92 bits per heavy atom. The van der Waals surface area contributed by atoms with Crippen LogP contribution in [0.15, 0.2) is 16.8 Å². The summed E-state index contributed by atoms with van der Waals surface area (Å²) in [7, 11) is 0. The van der Waals surface area contributed by atoms with E-state index in [0.29, 0.717) is 29.7 Å². The molecule has 4 heteroatoms. The van der Waals surface area contributed by atoms with Crippen molar-refractivity contribution in [3.05, 3.63) is 22.4 Å². The van der Waals surface area contributed by atoms with E-state index in [1.165, 1.54) is 63.7 Å². The van der Waals surface area contributed by atoms with Gasteiger partial charge in [0.2, 0.25) is 5.91 Å². The number of likely N-dealkylation sites (tertiary alicyclic amines) is 2. The molecule has 1 aromatic heterocycles. The van der Waals surface area contributed by atoms with Crippen molar-refractivity contribution in [3.63, 3.8) is 0 Å². The summed E-state index contributed by atoms with van der Waals surface area (Å²) in [6.07, 6.45) is 10.6. The summed E-state index contributed by atoms with van der Waals surface area (Å²) in [4.78, 5) is 18.0. The van der Waals surface area contributed by atoms with Gasteiger partial charge in [0.05, 0.1) is 0 Å². The zero-order valence-electron chi connectivity index (χ0n) is 15.8. The normalized spacial score (nSPS) is 33.4. The van der Waals surface area contributed by atoms with Crippen LogP contribution in [0.3, 0.4) is 0 Å². The van der Waals surface area contributed by atoms with Gasteiger partial charge in [-0.1, -0.05) is 19.3 Å². The second kappa shape index (κ2) is 7.27. The molecular weight excluding hydrogens is 340 g/mol. The first-order valence-corrected chi connectivity index (χ1v) is 11.8. The number of carbonyl (C=O) groups excluding carboxylic acids is 1. The predicted octanol–water partition coefficient (Wildman–Crippen LogP) is 4.35. The van der Waals surface area contributed by atoms with Gasteiger partial charge < -0.3 is 9.80 Å². The van der Waals surface area contributed by atoms with Crippen molar-refractivity contribution in [1.82, 2.24) is 9.80 Å². The minimum atomic E-state index is 0.358. The third-order valence-corrected chi connectivity index (χ3v) is 8.14. The molecule has 3 nitrogen and oxygen atoms in total. The van der Waals surface area contributed by atoms with Crippen LogP contribution in [0.2, 0.25) is 0 Å². The lowest BCUT2D eigenvalue weighted by atomic mass is 9.81. The summed E-state index contributed by atoms with van der Waals surface area (Å²) in [5.41, 5.74) is 1.48. The van der Waals surface area contributed by atoms with Crippen LogP contribution >= 0.6 is 11.3 Å². The van der Waals surface area contributed by atoms with E-state index in [-0.39, 0.29) is 0 Å². The van der Waals surface area contributed by atoms with Crippen LogP contribution in [0, 0.1) is 17.8 Å². The minimum Gasteiger partial charge on any atom is -0.338 e. The summed E-state index contributed by atoms with van der Waals surface area (Å²) in [6, 6.07) is 2.80. The Hall–Kier alpha value is -0.870. The number of fused-ring (bicyclic) bond motifs is 1.